The minimum absolute atomic E-state index is 0.102. The Morgan fingerprint density at radius 3 is 2.50 bits per heavy atom. The van der Waals surface area contributed by atoms with E-state index in [0.717, 1.165) is 6.54 Å². The minimum atomic E-state index is -2.93. The molecule has 0 heterocycles. The summed E-state index contributed by atoms with van der Waals surface area (Å²) >= 11 is 0. The highest BCUT2D eigenvalue weighted by atomic mass is 32.2. The summed E-state index contributed by atoms with van der Waals surface area (Å²) in [5.74, 6) is 2.56. The van der Waals surface area contributed by atoms with Gasteiger partial charge in [-0.15, -0.1) is 12.3 Å². The Morgan fingerprint density at radius 2 is 2.17 bits per heavy atom. The van der Waals surface area contributed by atoms with Crippen LogP contribution >= 0.6 is 0 Å². The number of hydrogen-bond acceptors (Lipinski definition) is 3. The third-order valence-electron chi connectivity index (χ3n) is 1.36. The van der Waals surface area contributed by atoms with Crippen molar-refractivity contribution in [3.05, 3.63) is 0 Å². The summed E-state index contributed by atoms with van der Waals surface area (Å²) < 4.78 is 21.8. The van der Waals surface area contributed by atoms with Crippen molar-refractivity contribution >= 4 is 9.84 Å². The maximum absolute atomic E-state index is 10.9. The maximum atomic E-state index is 10.9. The number of terminal acetylenes is 1. The van der Waals surface area contributed by atoms with Gasteiger partial charge in [0.25, 0.3) is 0 Å². The minimum Gasteiger partial charge on any atom is -0.312 e. The summed E-state index contributed by atoms with van der Waals surface area (Å²) in [5.41, 5.74) is 0. The van der Waals surface area contributed by atoms with E-state index in [-0.39, 0.29) is 11.8 Å². The number of sulfone groups is 1. The van der Waals surface area contributed by atoms with Crippen LogP contribution in [0.2, 0.25) is 0 Å². The summed E-state index contributed by atoms with van der Waals surface area (Å²) in [5, 5.41) is 3.02. The first-order chi connectivity index (χ1) is 5.49. The predicted molar refractivity (Wildman–Crippen MR) is 50.6 cm³/mol. The first-order valence-electron chi connectivity index (χ1n) is 3.84. The number of rotatable bonds is 5. The third kappa shape index (κ3) is 6.20. The van der Waals surface area contributed by atoms with Crippen molar-refractivity contribution in [3.8, 4) is 12.3 Å². The highest BCUT2D eigenvalue weighted by Crippen LogP contribution is 1.95. The summed E-state index contributed by atoms with van der Waals surface area (Å²) in [4.78, 5) is 0. The zero-order valence-corrected chi connectivity index (χ0v) is 8.32. The van der Waals surface area contributed by atoms with Crippen LogP contribution < -0.4 is 5.32 Å². The molecule has 1 unspecified atom stereocenters. The molecule has 0 saturated heterocycles. The second-order valence-corrected chi connectivity index (χ2v) is 4.94. The largest absolute Gasteiger partial charge is 0.312 e. The molecule has 0 aliphatic rings. The lowest BCUT2D eigenvalue weighted by atomic mass is 10.2. The van der Waals surface area contributed by atoms with Crippen molar-refractivity contribution in [1.82, 2.24) is 5.32 Å². The molecule has 4 heteroatoms. The first-order valence-corrected chi connectivity index (χ1v) is 5.90. The van der Waals surface area contributed by atoms with Gasteiger partial charge < -0.3 is 5.32 Å². The maximum Gasteiger partial charge on any atom is 0.149 e. The standard InChI is InChI=1S/C8H15NO2S/c1-4-6-8(9-5-2)7-12(3,10)11/h1,8-9H,5-7H2,2-3H3. The molecule has 0 spiro atoms. The Balaban J connectivity index is 4.06. The van der Waals surface area contributed by atoms with E-state index in [4.69, 9.17) is 6.42 Å². The monoisotopic (exact) mass is 189 g/mol. The second-order valence-electron chi connectivity index (χ2n) is 2.76. The summed E-state index contributed by atoms with van der Waals surface area (Å²) in [6, 6.07) is -0.102. The topological polar surface area (TPSA) is 46.2 Å². The Hall–Kier alpha value is -0.530. The van der Waals surface area contributed by atoms with Crippen molar-refractivity contribution in [1.29, 1.82) is 0 Å². The molecule has 1 atom stereocenters. The van der Waals surface area contributed by atoms with Gasteiger partial charge in [0.15, 0.2) is 0 Å². The SMILES string of the molecule is C#CCC(CS(C)(=O)=O)NCC. The Kier molecular flexibility index (Phi) is 4.95. The molecule has 0 aliphatic heterocycles. The van der Waals surface area contributed by atoms with Gasteiger partial charge in [-0.1, -0.05) is 6.92 Å². The van der Waals surface area contributed by atoms with E-state index in [1.807, 2.05) is 6.92 Å². The molecule has 1 N–H and O–H groups in total. The van der Waals surface area contributed by atoms with Crippen LogP contribution in [0.25, 0.3) is 0 Å². The molecule has 0 saturated carbocycles. The average molecular weight is 189 g/mol. The van der Waals surface area contributed by atoms with Gasteiger partial charge in [0.05, 0.1) is 5.75 Å². The highest BCUT2D eigenvalue weighted by Gasteiger charge is 2.12. The smallest absolute Gasteiger partial charge is 0.149 e. The van der Waals surface area contributed by atoms with Crippen molar-refractivity contribution in [2.45, 2.75) is 19.4 Å². The van der Waals surface area contributed by atoms with Gasteiger partial charge in [-0.05, 0) is 6.54 Å². The molecule has 70 valence electrons. The lowest BCUT2D eigenvalue weighted by molar-refractivity contribution is 0.554. The summed E-state index contributed by atoms with van der Waals surface area (Å²) in [6.45, 7) is 2.66. The van der Waals surface area contributed by atoms with E-state index in [2.05, 4.69) is 11.2 Å². The average Bonchev–Trinajstić information content (AvgIpc) is 1.84. The van der Waals surface area contributed by atoms with E-state index < -0.39 is 9.84 Å². The van der Waals surface area contributed by atoms with E-state index in [0.29, 0.717) is 6.42 Å². The molecule has 12 heavy (non-hydrogen) atoms. The number of nitrogens with one attached hydrogen (secondary N) is 1. The normalized spacial score (nSPS) is 13.8. The molecule has 0 aromatic rings. The van der Waals surface area contributed by atoms with E-state index in [1.54, 1.807) is 0 Å². The fourth-order valence-corrected chi connectivity index (χ4v) is 1.95. The fraction of sp³-hybridized carbons (Fsp3) is 0.750. The van der Waals surface area contributed by atoms with Gasteiger partial charge in [0.1, 0.15) is 9.84 Å². The molecular weight excluding hydrogens is 174 g/mol. The van der Waals surface area contributed by atoms with Crippen LogP contribution in [0.4, 0.5) is 0 Å². The van der Waals surface area contributed by atoms with Crippen molar-refractivity contribution in [3.63, 3.8) is 0 Å². The van der Waals surface area contributed by atoms with Crippen LogP contribution in [0, 0.1) is 12.3 Å². The molecular formula is C8H15NO2S. The van der Waals surface area contributed by atoms with Gasteiger partial charge in [0, 0.05) is 18.7 Å². The van der Waals surface area contributed by atoms with Crippen LogP contribution in [0.15, 0.2) is 0 Å². The quantitative estimate of drug-likeness (QED) is 0.621. The van der Waals surface area contributed by atoms with Crippen LogP contribution in [0.3, 0.4) is 0 Å². The Labute approximate surface area is 74.5 Å². The molecule has 0 fully saturated rings. The van der Waals surface area contributed by atoms with Gasteiger partial charge >= 0.3 is 0 Å². The van der Waals surface area contributed by atoms with E-state index >= 15 is 0 Å². The fourth-order valence-electron chi connectivity index (χ4n) is 0.986. The first kappa shape index (κ1) is 11.5. The molecule has 0 amide bonds. The third-order valence-corrected chi connectivity index (χ3v) is 2.37. The van der Waals surface area contributed by atoms with Crippen molar-refractivity contribution in [2.24, 2.45) is 0 Å². The van der Waals surface area contributed by atoms with Gasteiger partial charge in [-0.3, -0.25) is 0 Å². The molecule has 0 aromatic carbocycles. The molecule has 0 bridgehead atoms. The molecule has 3 nitrogen and oxygen atoms in total. The summed E-state index contributed by atoms with van der Waals surface area (Å²) in [6.07, 6.45) is 6.77. The van der Waals surface area contributed by atoms with Crippen LogP contribution in [-0.4, -0.2) is 33.0 Å². The van der Waals surface area contributed by atoms with Crippen molar-refractivity contribution in [2.75, 3.05) is 18.6 Å². The van der Waals surface area contributed by atoms with Gasteiger partial charge in [0.2, 0.25) is 0 Å². The predicted octanol–water partition coefficient (Wildman–Crippen LogP) is 0.0324. The van der Waals surface area contributed by atoms with E-state index in [1.165, 1.54) is 6.26 Å². The van der Waals surface area contributed by atoms with Gasteiger partial charge in [-0.2, -0.15) is 0 Å². The highest BCUT2D eigenvalue weighted by molar-refractivity contribution is 7.90. The van der Waals surface area contributed by atoms with Crippen LogP contribution in [-0.2, 0) is 9.84 Å². The lowest BCUT2D eigenvalue weighted by Gasteiger charge is -2.13. The Bertz CT molecular complexity index is 251. The lowest BCUT2D eigenvalue weighted by Crippen LogP contribution is -2.34. The molecule has 0 aromatic heterocycles. The zero-order chi connectivity index (χ0) is 9.61. The molecule has 0 aliphatic carbocycles. The second kappa shape index (κ2) is 5.18. The van der Waals surface area contributed by atoms with Crippen LogP contribution in [0.1, 0.15) is 13.3 Å². The number of hydrogen-bond donors (Lipinski definition) is 1. The summed E-state index contributed by atoms with van der Waals surface area (Å²) in [7, 11) is -2.93. The molecule has 0 rings (SSSR count). The van der Waals surface area contributed by atoms with Gasteiger partial charge in [-0.25, -0.2) is 8.42 Å². The zero-order valence-electron chi connectivity index (χ0n) is 7.50. The Morgan fingerprint density at radius 1 is 1.58 bits per heavy atom. The van der Waals surface area contributed by atoms with Crippen LogP contribution in [0.5, 0.6) is 0 Å². The van der Waals surface area contributed by atoms with Crippen molar-refractivity contribution < 1.29 is 8.42 Å². The molecule has 0 radical (unpaired) electrons. The van der Waals surface area contributed by atoms with E-state index in [9.17, 15) is 8.42 Å².